The highest BCUT2D eigenvalue weighted by Crippen LogP contribution is 1.98. The molecule has 3 heteroatoms. The molecule has 0 aliphatic heterocycles. The molecule has 0 N–H and O–H groups in total. The number of rotatable bonds is 6. The second kappa shape index (κ2) is 8.01. The van der Waals surface area contributed by atoms with E-state index in [2.05, 4.69) is 10.5 Å². The van der Waals surface area contributed by atoms with Gasteiger partial charge < -0.3 is 4.74 Å². The Balaban J connectivity index is 3.76. The van der Waals surface area contributed by atoms with Crippen molar-refractivity contribution in [3.8, 4) is 0 Å². The first-order chi connectivity index (χ1) is 7.06. The van der Waals surface area contributed by atoms with Crippen molar-refractivity contribution in [1.29, 1.82) is 0 Å². The highest BCUT2D eigenvalue weighted by Gasteiger charge is 2.08. The molecule has 0 atom stereocenters. The normalized spacial score (nSPS) is 9.00. The van der Waals surface area contributed by atoms with Crippen LogP contribution in [0.25, 0.3) is 0 Å². The number of ketones is 1. The fourth-order valence-electron chi connectivity index (χ4n) is 0.971. The van der Waals surface area contributed by atoms with E-state index in [0.29, 0.717) is 19.4 Å². The summed E-state index contributed by atoms with van der Waals surface area (Å²) in [5, 5.41) is 0. The Morgan fingerprint density at radius 1 is 1.33 bits per heavy atom. The summed E-state index contributed by atoms with van der Waals surface area (Å²) in [5.74, 6) is -0.519. The molecular weight excluding hydrogens is 192 g/mol. The highest BCUT2D eigenvalue weighted by atomic mass is 16.5. The van der Waals surface area contributed by atoms with E-state index < -0.39 is 5.97 Å². The van der Waals surface area contributed by atoms with Gasteiger partial charge >= 0.3 is 5.97 Å². The molecule has 0 aromatic heterocycles. The van der Waals surface area contributed by atoms with Gasteiger partial charge in [-0.1, -0.05) is 0 Å². The van der Waals surface area contributed by atoms with Gasteiger partial charge in [-0.15, -0.1) is 5.73 Å². The lowest BCUT2D eigenvalue weighted by molar-refractivity contribution is -0.145. The van der Waals surface area contributed by atoms with E-state index in [1.165, 1.54) is 0 Å². The molecule has 3 nitrogen and oxygen atoms in total. The minimum Gasteiger partial charge on any atom is -0.466 e. The van der Waals surface area contributed by atoms with Crippen LogP contribution in [0.1, 0.15) is 40.0 Å². The monoisotopic (exact) mass is 210 g/mol. The number of hydrogen-bond donors (Lipinski definition) is 0. The first kappa shape index (κ1) is 13.7. The molecule has 0 aromatic carbocycles. The maximum Gasteiger partial charge on any atom is 0.313 e. The van der Waals surface area contributed by atoms with Crippen molar-refractivity contribution in [2.45, 2.75) is 40.0 Å². The zero-order chi connectivity index (χ0) is 11.7. The minimum atomic E-state index is -0.436. The largest absolute Gasteiger partial charge is 0.466 e. The van der Waals surface area contributed by atoms with E-state index in [-0.39, 0.29) is 12.2 Å². The van der Waals surface area contributed by atoms with Crippen molar-refractivity contribution < 1.29 is 14.3 Å². The second-order valence-electron chi connectivity index (χ2n) is 3.41. The van der Waals surface area contributed by atoms with Gasteiger partial charge in [-0.05, 0) is 38.8 Å². The van der Waals surface area contributed by atoms with Crippen LogP contribution in [0, 0.1) is 0 Å². The highest BCUT2D eigenvalue weighted by molar-refractivity contribution is 5.95. The van der Waals surface area contributed by atoms with Crippen molar-refractivity contribution in [3.63, 3.8) is 0 Å². The van der Waals surface area contributed by atoms with Crippen LogP contribution in [0.15, 0.2) is 17.4 Å². The van der Waals surface area contributed by atoms with Crippen molar-refractivity contribution in [1.82, 2.24) is 0 Å². The summed E-state index contributed by atoms with van der Waals surface area (Å²) in [7, 11) is 0. The van der Waals surface area contributed by atoms with E-state index >= 15 is 0 Å². The second-order valence-corrected chi connectivity index (χ2v) is 3.41. The third kappa shape index (κ3) is 8.98. The number of carbonyl (C=O) groups excluding carboxylic acids is 2. The molecule has 0 radical (unpaired) electrons. The molecule has 0 aliphatic rings. The van der Waals surface area contributed by atoms with Crippen molar-refractivity contribution in [2.75, 3.05) is 6.61 Å². The topological polar surface area (TPSA) is 43.4 Å². The molecule has 0 aromatic rings. The number of allylic oxidation sites excluding steroid dienone is 1. The SMILES string of the molecule is CCOC(=O)CC(=O)CCC=C=C(C)C. The van der Waals surface area contributed by atoms with Crippen LogP contribution in [0.3, 0.4) is 0 Å². The molecule has 0 aliphatic carbocycles. The average molecular weight is 210 g/mol. The Kier molecular flexibility index (Phi) is 7.29. The number of esters is 1. The third-order valence-corrected chi connectivity index (χ3v) is 1.61. The number of carbonyl (C=O) groups is 2. The van der Waals surface area contributed by atoms with E-state index in [0.717, 1.165) is 5.57 Å². The Hall–Kier alpha value is -1.34. The Morgan fingerprint density at radius 3 is 2.53 bits per heavy atom. The van der Waals surface area contributed by atoms with Crippen molar-refractivity contribution >= 4 is 11.8 Å². The lowest BCUT2D eigenvalue weighted by Crippen LogP contribution is -2.10. The fourth-order valence-corrected chi connectivity index (χ4v) is 0.971. The quantitative estimate of drug-likeness (QED) is 0.384. The maximum absolute atomic E-state index is 11.2. The molecule has 0 bridgehead atoms. The standard InChI is InChI=1S/C12H18O3/c1-4-15-12(14)9-11(13)8-6-5-7-10(2)3/h5H,4,6,8-9H2,1-3H3. The van der Waals surface area contributed by atoms with Gasteiger partial charge in [0.25, 0.3) is 0 Å². The van der Waals surface area contributed by atoms with Gasteiger partial charge in [0.05, 0.1) is 6.61 Å². The van der Waals surface area contributed by atoms with E-state index in [1.807, 2.05) is 19.9 Å². The Bertz CT molecular complexity index is 279. The van der Waals surface area contributed by atoms with E-state index in [4.69, 9.17) is 0 Å². The van der Waals surface area contributed by atoms with Gasteiger partial charge in [-0.3, -0.25) is 9.59 Å². The summed E-state index contributed by atoms with van der Waals surface area (Å²) in [4.78, 5) is 22.1. The van der Waals surface area contributed by atoms with Gasteiger partial charge in [0.1, 0.15) is 12.2 Å². The Labute approximate surface area is 90.8 Å². The van der Waals surface area contributed by atoms with Gasteiger partial charge in [-0.25, -0.2) is 0 Å². The van der Waals surface area contributed by atoms with Crippen LogP contribution < -0.4 is 0 Å². The van der Waals surface area contributed by atoms with Gasteiger partial charge in [0.2, 0.25) is 0 Å². The molecule has 0 spiro atoms. The Morgan fingerprint density at radius 2 is 2.00 bits per heavy atom. The molecule has 0 rings (SSSR count). The predicted molar refractivity (Wildman–Crippen MR) is 58.4 cm³/mol. The molecule has 84 valence electrons. The number of hydrogen-bond acceptors (Lipinski definition) is 3. The molecule has 0 fully saturated rings. The summed E-state index contributed by atoms with van der Waals surface area (Å²) in [6.07, 6.45) is 2.71. The summed E-state index contributed by atoms with van der Waals surface area (Å²) >= 11 is 0. The molecule has 15 heavy (non-hydrogen) atoms. The zero-order valence-electron chi connectivity index (χ0n) is 9.63. The summed E-state index contributed by atoms with van der Waals surface area (Å²) < 4.78 is 4.67. The molecule has 0 saturated heterocycles. The van der Waals surface area contributed by atoms with Gasteiger partial charge in [0, 0.05) is 6.42 Å². The summed E-state index contributed by atoms with van der Waals surface area (Å²) in [6, 6.07) is 0. The third-order valence-electron chi connectivity index (χ3n) is 1.61. The first-order valence-corrected chi connectivity index (χ1v) is 5.12. The number of ether oxygens (including phenoxy) is 1. The zero-order valence-corrected chi connectivity index (χ0v) is 9.63. The lowest BCUT2D eigenvalue weighted by atomic mass is 10.1. The fraction of sp³-hybridized carbons (Fsp3) is 0.583. The van der Waals surface area contributed by atoms with Crippen LogP contribution in [0.2, 0.25) is 0 Å². The molecule has 0 heterocycles. The van der Waals surface area contributed by atoms with Crippen LogP contribution in [0.5, 0.6) is 0 Å². The van der Waals surface area contributed by atoms with Crippen molar-refractivity contribution in [2.24, 2.45) is 0 Å². The predicted octanol–water partition coefficient (Wildman–Crippen LogP) is 2.41. The first-order valence-electron chi connectivity index (χ1n) is 5.12. The molecule has 0 saturated carbocycles. The smallest absolute Gasteiger partial charge is 0.313 e. The van der Waals surface area contributed by atoms with Gasteiger partial charge in [-0.2, -0.15) is 0 Å². The van der Waals surface area contributed by atoms with Crippen LogP contribution in [-0.4, -0.2) is 18.4 Å². The maximum atomic E-state index is 11.2. The van der Waals surface area contributed by atoms with Crippen molar-refractivity contribution in [3.05, 3.63) is 17.4 Å². The minimum absolute atomic E-state index is 0.0831. The lowest BCUT2D eigenvalue weighted by Gasteiger charge is -1.99. The average Bonchev–Trinajstić information content (AvgIpc) is 2.12. The van der Waals surface area contributed by atoms with Gasteiger partial charge in [0.15, 0.2) is 0 Å². The van der Waals surface area contributed by atoms with E-state index in [9.17, 15) is 9.59 Å². The van der Waals surface area contributed by atoms with Crippen LogP contribution in [-0.2, 0) is 14.3 Å². The summed E-state index contributed by atoms with van der Waals surface area (Å²) in [5.41, 5.74) is 4.08. The van der Waals surface area contributed by atoms with E-state index in [1.54, 1.807) is 6.92 Å². The number of Topliss-reactive ketones (excluding diaryl/α,β-unsaturated/α-hetero) is 1. The van der Waals surface area contributed by atoms with Crippen LogP contribution in [0.4, 0.5) is 0 Å². The summed E-state index contributed by atoms with van der Waals surface area (Å²) in [6.45, 7) is 5.93. The molecule has 0 unspecified atom stereocenters. The molecular formula is C12H18O3. The van der Waals surface area contributed by atoms with Crippen LogP contribution >= 0.6 is 0 Å². The molecule has 0 amide bonds.